The fourth-order valence-corrected chi connectivity index (χ4v) is 3.69. The van der Waals surface area contributed by atoms with E-state index in [0.29, 0.717) is 11.1 Å². The second-order valence-electron chi connectivity index (χ2n) is 6.76. The summed E-state index contributed by atoms with van der Waals surface area (Å²) in [6.07, 6.45) is 0. The van der Waals surface area contributed by atoms with Gasteiger partial charge in [0.25, 0.3) is 5.22 Å². The number of anilines is 1. The van der Waals surface area contributed by atoms with E-state index in [1.165, 1.54) is 11.8 Å². The summed E-state index contributed by atoms with van der Waals surface area (Å²) in [6, 6.07) is 25.0. The van der Waals surface area contributed by atoms with E-state index in [1.54, 1.807) is 7.11 Å². The molecule has 0 radical (unpaired) electrons. The summed E-state index contributed by atoms with van der Waals surface area (Å²) in [6.45, 7) is 1.81. The van der Waals surface area contributed by atoms with Crippen LogP contribution in [0.5, 0.6) is 5.75 Å². The number of benzene rings is 3. The Morgan fingerprint density at radius 2 is 1.65 bits per heavy atom. The molecular formula is C24H21N3O3S. The molecule has 0 saturated heterocycles. The minimum atomic E-state index is -0.423. The summed E-state index contributed by atoms with van der Waals surface area (Å²) in [5.41, 5.74) is 3.55. The molecule has 156 valence electrons. The van der Waals surface area contributed by atoms with E-state index in [1.807, 2.05) is 85.8 Å². The Balaban J connectivity index is 1.44. The van der Waals surface area contributed by atoms with Gasteiger partial charge < -0.3 is 14.5 Å². The number of hydrogen-bond acceptors (Lipinski definition) is 6. The lowest BCUT2D eigenvalue weighted by Gasteiger charge is -2.14. The van der Waals surface area contributed by atoms with Crippen LogP contribution < -0.4 is 10.1 Å². The standard InChI is InChI=1S/C24H21N3O3S/c1-16(31-24-27-26-23(30-24)18-12-14-19(29-2)15-13-18)22(28)25-21-11-7-6-10-20(21)17-8-4-3-5-9-17/h3-16H,1-2H3,(H,25,28). The van der Waals surface area contributed by atoms with Crippen LogP contribution in [-0.4, -0.2) is 28.5 Å². The number of nitrogens with zero attached hydrogens (tertiary/aromatic N) is 2. The maximum absolute atomic E-state index is 12.8. The molecule has 1 amide bonds. The molecule has 31 heavy (non-hydrogen) atoms. The van der Waals surface area contributed by atoms with Crippen molar-refractivity contribution >= 4 is 23.4 Å². The fraction of sp³-hybridized carbons (Fsp3) is 0.125. The number of rotatable bonds is 7. The first kappa shape index (κ1) is 20.7. The molecule has 1 atom stereocenters. The molecule has 3 aromatic carbocycles. The summed E-state index contributed by atoms with van der Waals surface area (Å²) < 4.78 is 10.9. The van der Waals surface area contributed by atoms with Crippen LogP contribution in [0.1, 0.15) is 6.92 Å². The topological polar surface area (TPSA) is 77.2 Å². The van der Waals surface area contributed by atoms with E-state index in [0.717, 1.165) is 28.1 Å². The van der Waals surface area contributed by atoms with Crippen LogP contribution in [0.2, 0.25) is 0 Å². The molecule has 6 nitrogen and oxygen atoms in total. The highest BCUT2D eigenvalue weighted by atomic mass is 32.2. The van der Waals surface area contributed by atoms with Gasteiger partial charge in [-0.3, -0.25) is 4.79 Å². The third-order valence-electron chi connectivity index (χ3n) is 4.66. The van der Waals surface area contributed by atoms with Gasteiger partial charge >= 0.3 is 0 Å². The smallest absolute Gasteiger partial charge is 0.277 e. The van der Waals surface area contributed by atoms with Crippen LogP contribution in [0.15, 0.2) is 88.5 Å². The zero-order valence-electron chi connectivity index (χ0n) is 17.1. The van der Waals surface area contributed by atoms with Crippen LogP contribution in [0.4, 0.5) is 5.69 Å². The summed E-state index contributed by atoms with van der Waals surface area (Å²) in [5, 5.41) is 11.1. The van der Waals surface area contributed by atoms with Crippen LogP contribution in [-0.2, 0) is 4.79 Å². The van der Waals surface area contributed by atoms with Gasteiger partial charge in [0.05, 0.1) is 12.4 Å². The number of carbonyl (C=O) groups excluding carboxylic acids is 1. The first-order valence-electron chi connectivity index (χ1n) is 9.74. The molecule has 0 bridgehead atoms. The van der Waals surface area contributed by atoms with E-state index in [9.17, 15) is 4.79 Å². The Labute approximate surface area is 184 Å². The molecule has 4 aromatic rings. The average molecular weight is 432 g/mol. The summed E-state index contributed by atoms with van der Waals surface area (Å²) in [5.74, 6) is 1.00. The number of carbonyl (C=O) groups is 1. The number of amides is 1. The predicted molar refractivity (Wildman–Crippen MR) is 122 cm³/mol. The zero-order valence-corrected chi connectivity index (χ0v) is 17.9. The quantitative estimate of drug-likeness (QED) is 0.388. The van der Waals surface area contributed by atoms with Crippen molar-refractivity contribution < 1.29 is 13.9 Å². The van der Waals surface area contributed by atoms with Crippen molar-refractivity contribution in [2.24, 2.45) is 0 Å². The van der Waals surface area contributed by atoms with Crippen LogP contribution >= 0.6 is 11.8 Å². The van der Waals surface area contributed by atoms with Gasteiger partial charge in [-0.2, -0.15) is 0 Å². The number of methoxy groups -OCH3 is 1. The van der Waals surface area contributed by atoms with Gasteiger partial charge in [-0.25, -0.2) is 0 Å². The number of thioether (sulfide) groups is 1. The third-order valence-corrected chi connectivity index (χ3v) is 5.59. The Kier molecular flexibility index (Phi) is 6.33. The van der Waals surface area contributed by atoms with E-state index in [-0.39, 0.29) is 5.91 Å². The second-order valence-corrected chi connectivity index (χ2v) is 8.05. The molecule has 4 rings (SSSR count). The zero-order chi connectivity index (χ0) is 21.6. The summed E-state index contributed by atoms with van der Waals surface area (Å²) in [4.78, 5) is 12.8. The number of hydrogen-bond donors (Lipinski definition) is 1. The Morgan fingerprint density at radius 3 is 2.39 bits per heavy atom. The largest absolute Gasteiger partial charge is 0.497 e. The number of ether oxygens (including phenoxy) is 1. The van der Waals surface area contributed by atoms with Crippen molar-refractivity contribution in [3.05, 3.63) is 78.9 Å². The highest BCUT2D eigenvalue weighted by Gasteiger charge is 2.20. The lowest BCUT2D eigenvalue weighted by molar-refractivity contribution is -0.115. The molecule has 1 unspecified atom stereocenters. The Morgan fingerprint density at radius 1 is 0.935 bits per heavy atom. The van der Waals surface area contributed by atoms with Gasteiger partial charge in [-0.1, -0.05) is 60.3 Å². The Bertz CT molecular complexity index is 1160. The second kappa shape index (κ2) is 9.49. The lowest BCUT2D eigenvalue weighted by atomic mass is 10.0. The molecule has 1 N–H and O–H groups in total. The van der Waals surface area contributed by atoms with Gasteiger partial charge in [0.15, 0.2) is 0 Å². The van der Waals surface area contributed by atoms with Crippen LogP contribution in [0.25, 0.3) is 22.6 Å². The number of nitrogens with one attached hydrogen (secondary N) is 1. The maximum Gasteiger partial charge on any atom is 0.277 e. The highest BCUT2D eigenvalue weighted by molar-refractivity contribution is 8.00. The SMILES string of the molecule is COc1ccc(-c2nnc(SC(C)C(=O)Nc3ccccc3-c3ccccc3)o2)cc1. The maximum atomic E-state index is 12.8. The van der Waals surface area contributed by atoms with E-state index in [4.69, 9.17) is 9.15 Å². The average Bonchev–Trinajstić information content (AvgIpc) is 3.28. The summed E-state index contributed by atoms with van der Waals surface area (Å²) in [7, 11) is 1.61. The van der Waals surface area contributed by atoms with Gasteiger partial charge in [0.2, 0.25) is 11.8 Å². The van der Waals surface area contributed by atoms with Crippen molar-refractivity contribution in [3.63, 3.8) is 0 Å². The van der Waals surface area contributed by atoms with Crippen LogP contribution in [0.3, 0.4) is 0 Å². The third kappa shape index (κ3) is 4.95. The molecule has 0 aliphatic rings. The molecule has 1 aromatic heterocycles. The van der Waals surface area contributed by atoms with Gasteiger partial charge in [0.1, 0.15) is 5.75 Å². The van der Waals surface area contributed by atoms with Crippen molar-refractivity contribution in [1.29, 1.82) is 0 Å². The molecule has 0 fully saturated rings. The molecule has 0 aliphatic heterocycles. The normalized spacial score (nSPS) is 11.7. The molecule has 0 saturated carbocycles. The van der Waals surface area contributed by atoms with E-state index in [2.05, 4.69) is 15.5 Å². The fourth-order valence-electron chi connectivity index (χ4n) is 3.01. The molecular weight excluding hydrogens is 410 g/mol. The Hall–Kier alpha value is -3.58. The van der Waals surface area contributed by atoms with Crippen molar-refractivity contribution in [2.75, 3.05) is 12.4 Å². The highest BCUT2D eigenvalue weighted by Crippen LogP contribution is 2.30. The molecule has 7 heteroatoms. The van der Waals surface area contributed by atoms with Crippen LogP contribution in [0, 0.1) is 0 Å². The lowest BCUT2D eigenvalue weighted by Crippen LogP contribution is -2.22. The molecule has 1 heterocycles. The summed E-state index contributed by atoms with van der Waals surface area (Å²) >= 11 is 1.22. The van der Waals surface area contributed by atoms with Crippen molar-refractivity contribution in [3.8, 4) is 28.3 Å². The first-order valence-corrected chi connectivity index (χ1v) is 10.6. The number of para-hydroxylation sites is 1. The van der Waals surface area contributed by atoms with E-state index < -0.39 is 5.25 Å². The number of aromatic nitrogens is 2. The monoisotopic (exact) mass is 431 g/mol. The molecule has 0 aliphatic carbocycles. The van der Waals surface area contributed by atoms with Gasteiger partial charge in [-0.15, -0.1) is 10.2 Å². The first-order chi connectivity index (χ1) is 15.1. The van der Waals surface area contributed by atoms with Crippen molar-refractivity contribution in [1.82, 2.24) is 10.2 Å². The van der Waals surface area contributed by atoms with Gasteiger partial charge in [-0.05, 0) is 42.8 Å². The predicted octanol–water partition coefficient (Wildman–Crippen LogP) is 5.53. The minimum Gasteiger partial charge on any atom is -0.497 e. The van der Waals surface area contributed by atoms with Gasteiger partial charge in [0, 0.05) is 16.8 Å². The van der Waals surface area contributed by atoms with Crippen molar-refractivity contribution in [2.45, 2.75) is 17.4 Å². The molecule has 0 spiro atoms. The van der Waals surface area contributed by atoms with E-state index >= 15 is 0 Å². The minimum absolute atomic E-state index is 0.141.